The molecule has 0 spiro atoms. The Morgan fingerprint density at radius 2 is 2.18 bits per heavy atom. The second-order valence-corrected chi connectivity index (χ2v) is 4.31. The molecule has 0 radical (unpaired) electrons. The van der Waals surface area contributed by atoms with Crippen LogP contribution in [0.1, 0.15) is 31.2 Å². The Hall–Kier alpha value is -1.06. The predicted molar refractivity (Wildman–Crippen MR) is 72.8 cm³/mol. The van der Waals surface area contributed by atoms with Crippen LogP contribution >= 0.6 is 12.4 Å². The van der Waals surface area contributed by atoms with Gasteiger partial charge in [0.15, 0.2) is 0 Å². The molecule has 2 rings (SSSR count). The Kier molecular flexibility index (Phi) is 5.45. The number of carbonyl (C=O) groups excluding carboxylic acids is 1. The zero-order valence-electron chi connectivity index (χ0n) is 10.0. The highest BCUT2D eigenvalue weighted by Gasteiger charge is 2.17. The summed E-state index contributed by atoms with van der Waals surface area (Å²) in [7, 11) is 0. The molecule has 1 aliphatic rings. The van der Waals surface area contributed by atoms with Crippen molar-refractivity contribution in [3.05, 3.63) is 29.8 Å². The van der Waals surface area contributed by atoms with E-state index in [1.54, 1.807) is 6.92 Å². The summed E-state index contributed by atoms with van der Waals surface area (Å²) in [4.78, 5) is 11.1. The number of halogens is 1. The molecule has 1 heterocycles. The molecular formula is C13H19ClN2O. The molecule has 17 heavy (non-hydrogen) atoms. The van der Waals surface area contributed by atoms with Gasteiger partial charge in [-0.25, -0.2) is 0 Å². The van der Waals surface area contributed by atoms with E-state index in [1.807, 2.05) is 18.2 Å². The fourth-order valence-electron chi connectivity index (χ4n) is 2.27. The van der Waals surface area contributed by atoms with Crippen LogP contribution in [0.15, 0.2) is 24.3 Å². The van der Waals surface area contributed by atoms with Crippen molar-refractivity contribution < 1.29 is 4.79 Å². The van der Waals surface area contributed by atoms with Gasteiger partial charge in [-0.15, -0.1) is 12.4 Å². The summed E-state index contributed by atoms with van der Waals surface area (Å²) in [5, 5.41) is 6.31. The van der Waals surface area contributed by atoms with Gasteiger partial charge in [0.05, 0.1) is 0 Å². The third kappa shape index (κ3) is 3.72. The van der Waals surface area contributed by atoms with E-state index in [4.69, 9.17) is 0 Å². The molecular weight excluding hydrogens is 236 g/mol. The molecule has 4 heteroatoms. The number of anilines is 1. The fraction of sp³-hybridized carbons (Fsp3) is 0.462. The van der Waals surface area contributed by atoms with Gasteiger partial charge < -0.3 is 10.6 Å². The maximum Gasteiger partial charge on any atom is 0.221 e. The SMILES string of the molecule is CC(=O)Nc1ccccc1[C@H]1CCCNC1.Cl. The summed E-state index contributed by atoms with van der Waals surface area (Å²) in [6, 6.07) is 8.09. The molecule has 1 atom stereocenters. The Labute approximate surface area is 108 Å². The highest BCUT2D eigenvalue weighted by atomic mass is 35.5. The van der Waals surface area contributed by atoms with Crippen molar-refractivity contribution >= 4 is 24.0 Å². The van der Waals surface area contributed by atoms with Crippen LogP contribution in [-0.2, 0) is 4.79 Å². The van der Waals surface area contributed by atoms with Crippen molar-refractivity contribution in [2.24, 2.45) is 0 Å². The first-order valence-corrected chi connectivity index (χ1v) is 5.84. The van der Waals surface area contributed by atoms with Crippen molar-refractivity contribution in [2.45, 2.75) is 25.7 Å². The average molecular weight is 255 g/mol. The van der Waals surface area contributed by atoms with Crippen LogP contribution in [0.4, 0.5) is 5.69 Å². The van der Waals surface area contributed by atoms with Gasteiger partial charge >= 0.3 is 0 Å². The quantitative estimate of drug-likeness (QED) is 0.852. The molecule has 94 valence electrons. The monoisotopic (exact) mass is 254 g/mol. The number of carbonyl (C=O) groups is 1. The lowest BCUT2D eigenvalue weighted by Crippen LogP contribution is -2.29. The van der Waals surface area contributed by atoms with Crippen LogP contribution in [0.25, 0.3) is 0 Å². The third-order valence-electron chi connectivity index (χ3n) is 3.01. The van der Waals surface area contributed by atoms with E-state index in [-0.39, 0.29) is 18.3 Å². The summed E-state index contributed by atoms with van der Waals surface area (Å²) in [6.07, 6.45) is 2.41. The lowest BCUT2D eigenvalue weighted by atomic mass is 9.90. The molecule has 1 saturated heterocycles. The van der Waals surface area contributed by atoms with Gasteiger partial charge in [0.25, 0.3) is 0 Å². The van der Waals surface area contributed by atoms with Gasteiger partial charge in [-0.2, -0.15) is 0 Å². The van der Waals surface area contributed by atoms with Crippen molar-refractivity contribution in [1.82, 2.24) is 5.32 Å². The number of hydrogen-bond donors (Lipinski definition) is 2. The number of rotatable bonds is 2. The Morgan fingerprint density at radius 3 is 2.82 bits per heavy atom. The van der Waals surface area contributed by atoms with Crippen molar-refractivity contribution in [1.29, 1.82) is 0 Å². The molecule has 1 aliphatic heterocycles. The smallest absolute Gasteiger partial charge is 0.221 e. The second-order valence-electron chi connectivity index (χ2n) is 4.31. The molecule has 1 aromatic rings. The number of hydrogen-bond acceptors (Lipinski definition) is 2. The molecule has 0 bridgehead atoms. The first-order valence-electron chi connectivity index (χ1n) is 5.84. The molecule has 0 aromatic heterocycles. The normalized spacial score (nSPS) is 19.2. The summed E-state index contributed by atoms with van der Waals surface area (Å²) in [5.74, 6) is 0.521. The van der Waals surface area contributed by atoms with E-state index < -0.39 is 0 Å². The van der Waals surface area contributed by atoms with Crippen LogP contribution in [0.5, 0.6) is 0 Å². The lowest BCUT2D eigenvalue weighted by molar-refractivity contribution is -0.114. The Morgan fingerprint density at radius 1 is 1.41 bits per heavy atom. The fourth-order valence-corrected chi connectivity index (χ4v) is 2.27. The number of piperidine rings is 1. The average Bonchev–Trinajstić information content (AvgIpc) is 2.30. The summed E-state index contributed by atoms with van der Waals surface area (Å²) in [5.41, 5.74) is 2.22. The molecule has 0 saturated carbocycles. The van der Waals surface area contributed by atoms with E-state index in [0.29, 0.717) is 5.92 Å². The van der Waals surface area contributed by atoms with Crippen LogP contribution < -0.4 is 10.6 Å². The molecule has 1 aromatic carbocycles. The summed E-state index contributed by atoms with van der Waals surface area (Å²) in [6.45, 7) is 3.67. The zero-order valence-corrected chi connectivity index (χ0v) is 10.8. The third-order valence-corrected chi connectivity index (χ3v) is 3.01. The van der Waals surface area contributed by atoms with Crippen LogP contribution in [0.2, 0.25) is 0 Å². The lowest BCUT2D eigenvalue weighted by Gasteiger charge is -2.25. The maximum absolute atomic E-state index is 11.1. The standard InChI is InChI=1S/C13H18N2O.ClH/c1-10(16)15-13-7-3-2-6-12(13)11-5-4-8-14-9-11;/h2-3,6-7,11,14H,4-5,8-9H2,1H3,(H,15,16);1H/t11-;/m0./s1. The van der Waals surface area contributed by atoms with Gasteiger partial charge in [0.1, 0.15) is 0 Å². The highest BCUT2D eigenvalue weighted by molar-refractivity contribution is 5.89. The van der Waals surface area contributed by atoms with Gasteiger partial charge in [-0.1, -0.05) is 18.2 Å². The van der Waals surface area contributed by atoms with Crippen LogP contribution in [-0.4, -0.2) is 19.0 Å². The van der Waals surface area contributed by atoms with Crippen molar-refractivity contribution in [3.8, 4) is 0 Å². The van der Waals surface area contributed by atoms with E-state index in [2.05, 4.69) is 16.7 Å². The van der Waals surface area contributed by atoms with Crippen molar-refractivity contribution in [2.75, 3.05) is 18.4 Å². The number of nitrogens with one attached hydrogen (secondary N) is 2. The van der Waals surface area contributed by atoms with Gasteiger partial charge in [-0.3, -0.25) is 4.79 Å². The largest absolute Gasteiger partial charge is 0.326 e. The summed E-state index contributed by atoms with van der Waals surface area (Å²) < 4.78 is 0. The number of para-hydroxylation sites is 1. The first-order chi connectivity index (χ1) is 7.77. The molecule has 0 unspecified atom stereocenters. The Bertz CT molecular complexity index is 375. The maximum atomic E-state index is 11.1. The summed E-state index contributed by atoms with van der Waals surface area (Å²) >= 11 is 0. The van der Waals surface area contributed by atoms with E-state index in [9.17, 15) is 4.79 Å². The van der Waals surface area contributed by atoms with Crippen LogP contribution in [0, 0.1) is 0 Å². The molecule has 2 N–H and O–H groups in total. The molecule has 1 amide bonds. The Balaban J connectivity index is 0.00000144. The highest BCUT2D eigenvalue weighted by Crippen LogP contribution is 2.29. The predicted octanol–water partition coefficient (Wildman–Crippen LogP) is 2.53. The topological polar surface area (TPSA) is 41.1 Å². The van der Waals surface area contributed by atoms with Crippen molar-refractivity contribution in [3.63, 3.8) is 0 Å². The minimum absolute atomic E-state index is 0. The number of benzene rings is 1. The van der Waals surface area contributed by atoms with E-state index in [1.165, 1.54) is 18.4 Å². The molecule has 0 aliphatic carbocycles. The van der Waals surface area contributed by atoms with Gasteiger partial charge in [0.2, 0.25) is 5.91 Å². The molecule has 3 nitrogen and oxygen atoms in total. The first kappa shape index (κ1) is 14.0. The van der Waals surface area contributed by atoms with Gasteiger partial charge in [-0.05, 0) is 36.9 Å². The zero-order chi connectivity index (χ0) is 11.4. The second kappa shape index (κ2) is 6.62. The minimum atomic E-state index is -0.00350. The van der Waals surface area contributed by atoms with Gasteiger partial charge in [0, 0.05) is 19.2 Å². The molecule has 1 fully saturated rings. The van der Waals surface area contributed by atoms with E-state index >= 15 is 0 Å². The number of amides is 1. The minimum Gasteiger partial charge on any atom is -0.326 e. The van der Waals surface area contributed by atoms with E-state index in [0.717, 1.165) is 18.8 Å². The van der Waals surface area contributed by atoms with Crippen LogP contribution in [0.3, 0.4) is 0 Å².